The van der Waals surface area contributed by atoms with Gasteiger partial charge in [0, 0.05) is 19.3 Å². The fourth-order valence-electron chi connectivity index (χ4n) is 3.24. The number of nitrogens with zero attached hydrogens (tertiary/aromatic N) is 3. The first kappa shape index (κ1) is 16.7. The summed E-state index contributed by atoms with van der Waals surface area (Å²) in [7, 11) is 0. The van der Waals surface area contributed by atoms with Gasteiger partial charge in [0.2, 0.25) is 0 Å². The van der Waals surface area contributed by atoms with E-state index in [2.05, 4.69) is 17.3 Å². The molecule has 3 rings (SSSR count). The largest absolute Gasteiger partial charge is 0.339 e. The fourth-order valence-corrected chi connectivity index (χ4v) is 3.24. The first-order chi connectivity index (χ1) is 11.7. The Morgan fingerprint density at radius 2 is 1.96 bits per heavy atom. The Morgan fingerprint density at radius 1 is 1.25 bits per heavy atom. The maximum absolute atomic E-state index is 12.8. The van der Waals surface area contributed by atoms with Crippen LogP contribution in [-0.2, 0) is 0 Å². The lowest BCUT2D eigenvalue weighted by molar-refractivity contribution is 0.0689. The molecule has 0 aliphatic carbocycles. The van der Waals surface area contributed by atoms with Gasteiger partial charge in [-0.2, -0.15) is 5.10 Å². The van der Waals surface area contributed by atoms with Crippen LogP contribution < -0.4 is 5.32 Å². The summed E-state index contributed by atoms with van der Waals surface area (Å²) in [6, 6.07) is 9.91. The molecule has 1 aliphatic rings. The van der Waals surface area contributed by atoms with E-state index in [1.165, 1.54) is 0 Å². The summed E-state index contributed by atoms with van der Waals surface area (Å²) in [5, 5.41) is 7.92. The Bertz CT molecular complexity index is 672. The number of piperidine rings is 1. The van der Waals surface area contributed by atoms with Crippen molar-refractivity contribution in [2.75, 3.05) is 26.2 Å². The van der Waals surface area contributed by atoms with Crippen LogP contribution in [0.1, 0.15) is 35.8 Å². The summed E-state index contributed by atoms with van der Waals surface area (Å²) < 4.78 is 1.79. The molecular formula is C19H26N4O. The highest BCUT2D eigenvalue weighted by atomic mass is 16.2. The first-order valence-electron chi connectivity index (χ1n) is 8.80. The van der Waals surface area contributed by atoms with E-state index >= 15 is 0 Å². The predicted octanol–water partition coefficient (Wildman–Crippen LogP) is 2.64. The van der Waals surface area contributed by atoms with Crippen molar-refractivity contribution in [2.24, 2.45) is 5.92 Å². The normalized spacial score (nSPS) is 15.7. The molecule has 1 amide bonds. The van der Waals surface area contributed by atoms with Crippen LogP contribution in [0.5, 0.6) is 0 Å². The number of aromatic nitrogens is 2. The molecule has 128 valence electrons. The molecule has 0 spiro atoms. The Hall–Kier alpha value is -2.14. The number of hydrogen-bond acceptors (Lipinski definition) is 3. The van der Waals surface area contributed by atoms with Crippen LogP contribution in [0.25, 0.3) is 5.69 Å². The quantitative estimate of drug-likeness (QED) is 0.919. The predicted molar refractivity (Wildman–Crippen MR) is 95.5 cm³/mol. The molecule has 0 radical (unpaired) electrons. The highest BCUT2D eigenvalue weighted by molar-refractivity contribution is 5.95. The van der Waals surface area contributed by atoms with Crippen molar-refractivity contribution < 1.29 is 4.79 Å². The van der Waals surface area contributed by atoms with Gasteiger partial charge in [0.25, 0.3) is 5.91 Å². The summed E-state index contributed by atoms with van der Waals surface area (Å²) in [6.07, 6.45) is 4.01. The molecule has 2 aromatic rings. The molecule has 2 heterocycles. The monoisotopic (exact) mass is 326 g/mol. The van der Waals surface area contributed by atoms with E-state index in [0.29, 0.717) is 11.5 Å². The molecule has 0 atom stereocenters. The minimum Gasteiger partial charge on any atom is -0.339 e. The van der Waals surface area contributed by atoms with Gasteiger partial charge in [0.05, 0.1) is 16.9 Å². The number of likely N-dealkylation sites (tertiary alicyclic amines) is 1. The van der Waals surface area contributed by atoms with E-state index in [1.807, 2.05) is 48.4 Å². The maximum Gasteiger partial charge on any atom is 0.257 e. The summed E-state index contributed by atoms with van der Waals surface area (Å²) in [5.74, 6) is 0.790. The Balaban J connectivity index is 1.67. The van der Waals surface area contributed by atoms with Gasteiger partial charge in [-0.15, -0.1) is 0 Å². The zero-order valence-corrected chi connectivity index (χ0v) is 14.5. The average molecular weight is 326 g/mol. The number of hydrogen-bond donors (Lipinski definition) is 1. The van der Waals surface area contributed by atoms with Crippen LogP contribution in [0.15, 0.2) is 36.5 Å². The molecule has 1 aliphatic heterocycles. The van der Waals surface area contributed by atoms with E-state index in [4.69, 9.17) is 0 Å². The van der Waals surface area contributed by atoms with Crippen LogP contribution >= 0.6 is 0 Å². The Labute approximate surface area is 143 Å². The van der Waals surface area contributed by atoms with E-state index in [1.54, 1.807) is 4.68 Å². The van der Waals surface area contributed by atoms with E-state index in [9.17, 15) is 4.79 Å². The lowest BCUT2D eigenvalue weighted by Crippen LogP contribution is -2.40. The SMILES string of the molecule is CCNCC1CCN(C(=O)c2cn(-c3ccccc3)nc2C)CC1. The topological polar surface area (TPSA) is 50.2 Å². The van der Waals surface area contributed by atoms with Crippen molar-refractivity contribution >= 4 is 5.91 Å². The molecule has 1 saturated heterocycles. The number of benzene rings is 1. The van der Waals surface area contributed by atoms with E-state index < -0.39 is 0 Å². The Kier molecular flexibility index (Phi) is 5.30. The van der Waals surface area contributed by atoms with Gasteiger partial charge in [0.15, 0.2) is 0 Å². The van der Waals surface area contributed by atoms with Crippen molar-refractivity contribution in [3.05, 3.63) is 47.8 Å². The average Bonchev–Trinajstić information content (AvgIpc) is 3.02. The van der Waals surface area contributed by atoms with Crippen LogP contribution in [-0.4, -0.2) is 46.8 Å². The Morgan fingerprint density at radius 3 is 2.62 bits per heavy atom. The van der Waals surface area contributed by atoms with Crippen molar-refractivity contribution in [3.63, 3.8) is 0 Å². The molecular weight excluding hydrogens is 300 g/mol. The van der Waals surface area contributed by atoms with Crippen LogP contribution in [0.2, 0.25) is 0 Å². The van der Waals surface area contributed by atoms with Gasteiger partial charge in [-0.25, -0.2) is 4.68 Å². The zero-order valence-electron chi connectivity index (χ0n) is 14.5. The molecule has 1 aromatic carbocycles. The molecule has 1 aromatic heterocycles. The number of carbonyl (C=O) groups excluding carboxylic acids is 1. The first-order valence-corrected chi connectivity index (χ1v) is 8.80. The number of para-hydroxylation sites is 1. The minimum absolute atomic E-state index is 0.108. The molecule has 1 N–H and O–H groups in total. The lowest BCUT2D eigenvalue weighted by Gasteiger charge is -2.32. The summed E-state index contributed by atoms with van der Waals surface area (Å²) >= 11 is 0. The van der Waals surface area contributed by atoms with Gasteiger partial charge < -0.3 is 10.2 Å². The van der Waals surface area contributed by atoms with Gasteiger partial charge in [-0.05, 0) is 50.9 Å². The maximum atomic E-state index is 12.8. The van der Waals surface area contributed by atoms with Crippen molar-refractivity contribution in [2.45, 2.75) is 26.7 Å². The third-order valence-electron chi connectivity index (χ3n) is 4.73. The molecule has 1 fully saturated rings. The number of rotatable bonds is 5. The lowest BCUT2D eigenvalue weighted by atomic mass is 9.96. The molecule has 0 unspecified atom stereocenters. The van der Waals surface area contributed by atoms with Crippen molar-refractivity contribution in [1.29, 1.82) is 0 Å². The molecule has 0 bridgehead atoms. The summed E-state index contributed by atoms with van der Waals surface area (Å²) in [5.41, 5.74) is 2.48. The number of nitrogens with one attached hydrogen (secondary N) is 1. The zero-order chi connectivity index (χ0) is 16.9. The van der Waals surface area contributed by atoms with Crippen LogP contribution in [0.4, 0.5) is 0 Å². The van der Waals surface area contributed by atoms with Crippen LogP contribution in [0.3, 0.4) is 0 Å². The smallest absolute Gasteiger partial charge is 0.257 e. The second-order valence-electron chi connectivity index (χ2n) is 6.45. The van der Waals surface area contributed by atoms with Gasteiger partial charge >= 0.3 is 0 Å². The fraction of sp³-hybridized carbons (Fsp3) is 0.474. The van der Waals surface area contributed by atoms with Gasteiger partial charge in [0.1, 0.15) is 0 Å². The summed E-state index contributed by atoms with van der Waals surface area (Å²) in [6.45, 7) is 7.78. The number of carbonyl (C=O) groups is 1. The van der Waals surface area contributed by atoms with Gasteiger partial charge in [-0.1, -0.05) is 25.1 Å². The standard InChI is InChI=1S/C19H26N4O/c1-3-20-13-16-9-11-22(12-10-16)19(24)18-14-23(21-15(18)2)17-7-5-4-6-8-17/h4-8,14,16,20H,3,9-13H2,1-2H3. The van der Waals surface area contributed by atoms with E-state index in [0.717, 1.165) is 50.4 Å². The second kappa shape index (κ2) is 7.62. The van der Waals surface area contributed by atoms with Gasteiger partial charge in [-0.3, -0.25) is 4.79 Å². The highest BCUT2D eigenvalue weighted by Crippen LogP contribution is 2.20. The van der Waals surface area contributed by atoms with Crippen molar-refractivity contribution in [1.82, 2.24) is 20.0 Å². The molecule has 5 heteroatoms. The molecule has 5 nitrogen and oxygen atoms in total. The third-order valence-corrected chi connectivity index (χ3v) is 4.73. The third kappa shape index (κ3) is 3.67. The van der Waals surface area contributed by atoms with Crippen LogP contribution in [0, 0.1) is 12.8 Å². The minimum atomic E-state index is 0.108. The number of aryl methyl sites for hydroxylation is 1. The highest BCUT2D eigenvalue weighted by Gasteiger charge is 2.25. The molecule has 24 heavy (non-hydrogen) atoms. The number of amides is 1. The van der Waals surface area contributed by atoms with Crippen molar-refractivity contribution in [3.8, 4) is 5.69 Å². The second-order valence-corrected chi connectivity index (χ2v) is 6.45. The summed E-state index contributed by atoms with van der Waals surface area (Å²) in [4.78, 5) is 14.8. The van der Waals surface area contributed by atoms with E-state index in [-0.39, 0.29) is 5.91 Å². The molecule has 0 saturated carbocycles.